The van der Waals surface area contributed by atoms with Crippen molar-refractivity contribution >= 4 is 5.96 Å². The first-order valence-electron chi connectivity index (χ1n) is 9.45. The average molecular weight is 374 g/mol. The Labute approximate surface area is 160 Å². The van der Waals surface area contributed by atoms with Crippen LogP contribution in [0, 0.1) is 0 Å². The molecule has 3 N–H and O–H groups in total. The van der Waals surface area contributed by atoms with E-state index in [-0.39, 0.29) is 5.75 Å². The van der Waals surface area contributed by atoms with Gasteiger partial charge in [-0.2, -0.15) is 0 Å². The van der Waals surface area contributed by atoms with E-state index in [0.29, 0.717) is 36.3 Å². The molecule has 0 aliphatic heterocycles. The highest BCUT2D eigenvalue weighted by Gasteiger charge is 2.13. The molecule has 27 heavy (non-hydrogen) atoms. The Kier molecular flexibility index (Phi) is 7.98. The van der Waals surface area contributed by atoms with E-state index in [4.69, 9.17) is 9.26 Å². The smallest absolute Gasteiger partial charge is 0.191 e. The van der Waals surface area contributed by atoms with E-state index in [9.17, 15) is 5.11 Å². The number of phenols is 1. The van der Waals surface area contributed by atoms with Crippen molar-refractivity contribution in [1.29, 1.82) is 0 Å². The summed E-state index contributed by atoms with van der Waals surface area (Å²) in [6.07, 6.45) is 2.09. The monoisotopic (exact) mass is 374 g/mol. The van der Waals surface area contributed by atoms with Gasteiger partial charge in [-0.15, -0.1) is 0 Å². The van der Waals surface area contributed by atoms with Crippen molar-refractivity contribution in [2.75, 3.05) is 13.7 Å². The lowest BCUT2D eigenvalue weighted by Gasteiger charge is -2.11. The summed E-state index contributed by atoms with van der Waals surface area (Å²) >= 11 is 0. The molecule has 7 nitrogen and oxygen atoms in total. The molecule has 0 radical (unpaired) electrons. The Morgan fingerprint density at radius 1 is 1.26 bits per heavy atom. The average Bonchev–Trinajstić information content (AvgIpc) is 3.14. The van der Waals surface area contributed by atoms with Crippen molar-refractivity contribution in [3.05, 3.63) is 41.3 Å². The first-order chi connectivity index (χ1) is 13.1. The van der Waals surface area contributed by atoms with Gasteiger partial charge in [0, 0.05) is 24.1 Å². The molecule has 7 heteroatoms. The van der Waals surface area contributed by atoms with Gasteiger partial charge in [-0.05, 0) is 25.8 Å². The molecule has 1 heterocycles. The second-order valence-corrected chi connectivity index (χ2v) is 6.25. The molecule has 0 amide bonds. The van der Waals surface area contributed by atoms with E-state index < -0.39 is 0 Å². The Morgan fingerprint density at radius 2 is 2.04 bits per heavy atom. The molecule has 0 aliphatic rings. The largest absolute Gasteiger partial charge is 0.504 e. The topological polar surface area (TPSA) is 91.9 Å². The molecule has 0 saturated carbocycles. The highest BCUT2D eigenvalue weighted by molar-refractivity contribution is 5.79. The second-order valence-electron chi connectivity index (χ2n) is 6.25. The number of rotatable bonds is 9. The van der Waals surface area contributed by atoms with E-state index in [2.05, 4.69) is 34.6 Å². The molecule has 1 aromatic heterocycles. The highest BCUT2D eigenvalue weighted by atomic mass is 16.5. The summed E-state index contributed by atoms with van der Waals surface area (Å²) in [6, 6.07) is 7.37. The second kappa shape index (κ2) is 10.4. The Bertz CT molecular complexity index is 739. The number of aliphatic imine (C=N–C) groups is 1. The minimum absolute atomic E-state index is 0.115. The maximum Gasteiger partial charge on any atom is 0.191 e. The van der Waals surface area contributed by atoms with Crippen LogP contribution in [0.4, 0.5) is 0 Å². The van der Waals surface area contributed by atoms with Gasteiger partial charge in [0.25, 0.3) is 0 Å². The molecule has 0 bridgehead atoms. The lowest BCUT2D eigenvalue weighted by molar-refractivity contribution is 0.368. The van der Waals surface area contributed by atoms with Crippen LogP contribution in [-0.2, 0) is 13.1 Å². The number of guanidine groups is 1. The Balaban J connectivity index is 2.02. The molecule has 0 atom stereocenters. The number of ether oxygens (including phenoxy) is 1. The molecule has 1 aromatic carbocycles. The molecule has 0 unspecified atom stereocenters. The fraction of sp³-hybridized carbons (Fsp3) is 0.500. The highest BCUT2D eigenvalue weighted by Crippen LogP contribution is 2.29. The number of phenolic OH excluding ortho intramolecular Hbond substituents is 1. The van der Waals surface area contributed by atoms with Gasteiger partial charge in [0.15, 0.2) is 23.2 Å². The van der Waals surface area contributed by atoms with E-state index in [1.165, 1.54) is 7.11 Å². The van der Waals surface area contributed by atoms with E-state index in [1.807, 2.05) is 25.1 Å². The summed E-state index contributed by atoms with van der Waals surface area (Å²) < 4.78 is 10.6. The summed E-state index contributed by atoms with van der Waals surface area (Å²) in [6.45, 7) is 7.86. The standard InChI is InChI=1S/C20H30N4O3/c1-5-14(6-2)17-11-16(27-24-17)13-23-20(21-7-3)22-12-15-9-8-10-18(26-4)19(15)25/h8-11,14,25H,5-7,12-13H2,1-4H3,(H2,21,22,23). The van der Waals surface area contributed by atoms with E-state index in [0.717, 1.165) is 30.8 Å². The van der Waals surface area contributed by atoms with Crippen molar-refractivity contribution in [3.8, 4) is 11.5 Å². The third-order valence-corrected chi connectivity index (χ3v) is 4.47. The van der Waals surface area contributed by atoms with Crippen LogP contribution >= 0.6 is 0 Å². The SMILES string of the molecule is CCNC(=NCc1cccc(OC)c1O)NCc1cc(C(CC)CC)no1. The lowest BCUT2D eigenvalue weighted by Crippen LogP contribution is -2.36. The van der Waals surface area contributed by atoms with E-state index >= 15 is 0 Å². The molecule has 0 aliphatic carbocycles. The van der Waals surface area contributed by atoms with Gasteiger partial charge < -0.3 is 25.0 Å². The van der Waals surface area contributed by atoms with Crippen LogP contribution in [-0.4, -0.2) is 29.9 Å². The molecule has 148 valence electrons. The minimum atomic E-state index is 0.115. The molecular formula is C20H30N4O3. The number of hydrogen-bond donors (Lipinski definition) is 3. The summed E-state index contributed by atoms with van der Waals surface area (Å²) in [7, 11) is 1.53. The number of para-hydroxylation sites is 1. The molecular weight excluding hydrogens is 344 g/mol. The maximum absolute atomic E-state index is 10.2. The molecule has 2 rings (SSSR count). The van der Waals surface area contributed by atoms with Gasteiger partial charge in [-0.25, -0.2) is 4.99 Å². The number of benzene rings is 1. The van der Waals surface area contributed by atoms with Gasteiger partial charge in [0.1, 0.15) is 0 Å². The van der Waals surface area contributed by atoms with Crippen LogP contribution in [0.15, 0.2) is 33.8 Å². The van der Waals surface area contributed by atoms with E-state index in [1.54, 1.807) is 6.07 Å². The van der Waals surface area contributed by atoms with Crippen molar-refractivity contribution in [1.82, 2.24) is 15.8 Å². The lowest BCUT2D eigenvalue weighted by atomic mass is 9.99. The number of nitrogens with one attached hydrogen (secondary N) is 2. The number of aromatic nitrogens is 1. The zero-order valence-electron chi connectivity index (χ0n) is 16.6. The summed E-state index contributed by atoms with van der Waals surface area (Å²) in [5.74, 6) is 2.40. The predicted molar refractivity (Wildman–Crippen MR) is 106 cm³/mol. The predicted octanol–water partition coefficient (Wildman–Crippen LogP) is 3.55. The van der Waals surface area contributed by atoms with Gasteiger partial charge in [-0.1, -0.05) is 31.1 Å². The quantitative estimate of drug-likeness (QED) is 0.459. The van der Waals surface area contributed by atoms with Crippen molar-refractivity contribution in [2.24, 2.45) is 4.99 Å². The fourth-order valence-corrected chi connectivity index (χ4v) is 2.85. The van der Waals surface area contributed by atoms with Gasteiger partial charge in [0.05, 0.1) is 25.9 Å². The number of nitrogens with zero attached hydrogens (tertiary/aromatic N) is 2. The number of methoxy groups -OCH3 is 1. The zero-order valence-corrected chi connectivity index (χ0v) is 16.6. The van der Waals surface area contributed by atoms with Crippen molar-refractivity contribution < 1.29 is 14.4 Å². The summed E-state index contributed by atoms with van der Waals surface area (Å²) in [5.41, 5.74) is 1.70. The van der Waals surface area contributed by atoms with Gasteiger partial charge >= 0.3 is 0 Å². The van der Waals surface area contributed by atoms with Crippen molar-refractivity contribution in [3.63, 3.8) is 0 Å². The van der Waals surface area contributed by atoms with Crippen LogP contribution in [0.2, 0.25) is 0 Å². The zero-order chi connectivity index (χ0) is 19.6. The van der Waals surface area contributed by atoms with Crippen LogP contribution < -0.4 is 15.4 Å². The molecule has 2 aromatic rings. The normalized spacial score (nSPS) is 11.7. The van der Waals surface area contributed by atoms with Crippen LogP contribution in [0.25, 0.3) is 0 Å². The van der Waals surface area contributed by atoms with Crippen LogP contribution in [0.5, 0.6) is 11.5 Å². The van der Waals surface area contributed by atoms with Gasteiger partial charge in [-0.3, -0.25) is 0 Å². The first kappa shape index (κ1) is 20.6. The van der Waals surface area contributed by atoms with Crippen molar-refractivity contribution in [2.45, 2.75) is 52.6 Å². The fourth-order valence-electron chi connectivity index (χ4n) is 2.85. The minimum Gasteiger partial charge on any atom is -0.504 e. The maximum atomic E-state index is 10.2. The summed E-state index contributed by atoms with van der Waals surface area (Å²) in [5, 5.41) is 20.8. The third kappa shape index (κ3) is 5.64. The van der Waals surface area contributed by atoms with Gasteiger partial charge in [0.2, 0.25) is 0 Å². The number of hydrogen-bond acceptors (Lipinski definition) is 5. The molecule has 0 spiro atoms. The number of aromatic hydroxyl groups is 1. The molecule has 0 saturated heterocycles. The summed E-state index contributed by atoms with van der Waals surface area (Å²) in [4.78, 5) is 4.53. The Morgan fingerprint density at radius 3 is 2.70 bits per heavy atom. The third-order valence-electron chi connectivity index (χ3n) is 4.47. The molecule has 0 fully saturated rings. The van der Waals surface area contributed by atoms with Crippen LogP contribution in [0.3, 0.4) is 0 Å². The first-order valence-corrected chi connectivity index (χ1v) is 9.45. The van der Waals surface area contributed by atoms with Crippen LogP contribution in [0.1, 0.15) is 56.5 Å². The Hall–Kier alpha value is -2.70.